The van der Waals surface area contributed by atoms with Gasteiger partial charge >= 0.3 is 0 Å². The van der Waals surface area contributed by atoms with Crippen molar-refractivity contribution in [1.29, 1.82) is 0 Å². The van der Waals surface area contributed by atoms with Crippen molar-refractivity contribution in [3.63, 3.8) is 0 Å². The van der Waals surface area contributed by atoms with E-state index in [1.807, 2.05) is 69.2 Å². The van der Waals surface area contributed by atoms with Crippen LogP contribution in [0.1, 0.15) is 35.2 Å². The van der Waals surface area contributed by atoms with Crippen LogP contribution in [-0.4, -0.2) is 67.5 Å². The molecule has 0 unspecified atom stereocenters. The van der Waals surface area contributed by atoms with Crippen molar-refractivity contribution in [1.82, 2.24) is 9.80 Å². The lowest BCUT2D eigenvalue weighted by molar-refractivity contribution is -0.140. The van der Waals surface area contributed by atoms with Crippen molar-refractivity contribution < 1.29 is 28.9 Å². The number of methoxy groups -OCH3 is 1. The van der Waals surface area contributed by atoms with Crippen molar-refractivity contribution in [2.75, 3.05) is 40.9 Å². The fourth-order valence-electron chi connectivity index (χ4n) is 4.77. The maximum absolute atomic E-state index is 13.4. The highest BCUT2D eigenvalue weighted by molar-refractivity contribution is 6.46. The van der Waals surface area contributed by atoms with E-state index < -0.39 is 17.7 Å². The van der Waals surface area contributed by atoms with E-state index in [0.717, 1.165) is 5.56 Å². The minimum Gasteiger partial charge on any atom is -0.507 e. The first kappa shape index (κ1) is 28.7. The second-order valence-electron chi connectivity index (χ2n) is 9.89. The van der Waals surface area contributed by atoms with Crippen molar-refractivity contribution in [3.8, 4) is 17.2 Å². The smallest absolute Gasteiger partial charge is 0.295 e. The second kappa shape index (κ2) is 12.7. The van der Waals surface area contributed by atoms with Gasteiger partial charge in [-0.1, -0.05) is 36.4 Å². The number of hydrogen-bond acceptors (Lipinski definition) is 7. The van der Waals surface area contributed by atoms with Gasteiger partial charge in [0.1, 0.15) is 18.1 Å². The SMILES string of the molecule is CCOc1ccc([C@@H]2C(=C(O)c3ccc(OCc4ccccc4)cc3C)C(=O)C(=O)N2CCN(C)C)cc1OC. The zero-order valence-corrected chi connectivity index (χ0v) is 23.6. The van der Waals surface area contributed by atoms with Crippen molar-refractivity contribution in [2.45, 2.75) is 26.5 Å². The molecule has 0 aromatic heterocycles. The first-order valence-electron chi connectivity index (χ1n) is 13.3. The van der Waals surface area contributed by atoms with Crippen LogP contribution in [0.5, 0.6) is 17.2 Å². The van der Waals surface area contributed by atoms with Gasteiger partial charge in [-0.05, 0) is 75.0 Å². The molecule has 40 heavy (non-hydrogen) atoms. The van der Waals surface area contributed by atoms with Crippen LogP contribution in [0, 0.1) is 6.92 Å². The number of amides is 1. The van der Waals surface area contributed by atoms with Crippen LogP contribution in [0.4, 0.5) is 0 Å². The summed E-state index contributed by atoms with van der Waals surface area (Å²) in [6.45, 7) is 5.43. The van der Waals surface area contributed by atoms with Crippen LogP contribution in [0.3, 0.4) is 0 Å². The fraction of sp³-hybridized carbons (Fsp3) is 0.312. The molecule has 1 saturated heterocycles. The second-order valence-corrected chi connectivity index (χ2v) is 9.89. The van der Waals surface area contributed by atoms with Crippen LogP contribution in [-0.2, 0) is 16.2 Å². The number of aryl methyl sites for hydroxylation is 1. The van der Waals surface area contributed by atoms with Gasteiger partial charge in [0.15, 0.2) is 11.5 Å². The molecule has 0 radical (unpaired) electrons. The average Bonchev–Trinajstić information content (AvgIpc) is 3.20. The lowest BCUT2D eigenvalue weighted by Crippen LogP contribution is -2.35. The Morgan fingerprint density at radius 1 is 0.975 bits per heavy atom. The van der Waals surface area contributed by atoms with Crippen molar-refractivity contribution in [2.24, 2.45) is 0 Å². The molecule has 1 heterocycles. The number of benzene rings is 3. The van der Waals surface area contributed by atoms with Crippen LogP contribution in [0.25, 0.3) is 5.76 Å². The third-order valence-corrected chi connectivity index (χ3v) is 6.83. The summed E-state index contributed by atoms with van der Waals surface area (Å²) < 4.78 is 17.1. The third-order valence-electron chi connectivity index (χ3n) is 6.83. The molecular weight excluding hydrogens is 508 g/mol. The number of aliphatic hydroxyl groups excluding tert-OH is 1. The van der Waals surface area contributed by atoms with Gasteiger partial charge < -0.3 is 29.1 Å². The van der Waals surface area contributed by atoms with E-state index in [9.17, 15) is 14.7 Å². The molecule has 0 aliphatic carbocycles. The molecule has 1 amide bonds. The molecule has 1 atom stereocenters. The summed E-state index contributed by atoms with van der Waals surface area (Å²) in [4.78, 5) is 30.1. The van der Waals surface area contributed by atoms with Crippen LogP contribution in [0.15, 0.2) is 72.3 Å². The number of likely N-dealkylation sites (N-methyl/N-ethyl adjacent to an activating group) is 1. The van der Waals surface area contributed by atoms with Gasteiger partial charge in [0.05, 0.1) is 25.3 Å². The lowest BCUT2D eigenvalue weighted by Gasteiger charge is -2.27. The number of carbonyl (C=O) groups is 2. The molecule has 210 valence electrons. The predicted molar refractivity (Wildman–Crippen MR) is 154 cm³/mol. The Labute approximate surface area is 235 Å². The lowest BCUT2D eigenvalue weighted by atomic mass is 9.93. The highest BCUT2D eigenvalue weighted by Gasteiger charge is 2.46. The van der Waals surface area contributed by atoms with E-state index in [4.69, 9.17) is 14.2 Å². The van der Waals surface area contributed by atoms with Crippen LogP contribution >= 0.6 is 0 Å². The Hall–Kier alpha value is -4.30. The van der Waals surface area contributed by atoms with Gasteiger partial charge in [-0.2, -0.15) is 0 Å². The zero-order chi connectivity index (χ0) is 28.8. The van der Waals surface area contributed by atoms with E-state index >= 15 is 0 Å². The third kappa shape index (κ3) is 6.13. The van der Waals surface area contributed by atoms with Crippen LogP contribution in [0.2, 0.25) is 0 Å². The number of Topliss-reactive ketones (excluding diaryl/α,β-unsaturated/α-hetero) is 1. The van der Waals surface area contributed by atoms with E-state index in [-0.39, 0.29) is 11.3 Å². The molecule has 1 fully saturated rings. The molecule has 0 saturated carbocycles. The summed E-state index contributed by atoms with van der Waals surface area (Å²) in [5.74, 6) is 0.0713. The largest absolute Gasteiger partial charge is 0.507 e. The number of likely N-dealkylation sites (tertiary alicyclic amines) is 1. The molecule has 8 nitrogen and oxygen atoms in total. The molecule has 3 aromatic rings. The minimum absolute atomic E-state index is 0.0380. The molecule has 4 rings (SSSR count). The standard InChI is InChI=1S/C32H36N2O6/c1-6-39-26-15-12-23(19-27(26)38-5)29-28(31(36)32(37)34(29)17-16-33(3)4)30(35)25-14-13-24(18-21(25)2)40-20-22-10-8-7-9-11-22/h7-15,18-19,29,35H,6,16-17,20H2,1-5H3/t29-/m1/s1. The normalized spacial score (nSPS) is 16.4. The van der Waals surface area contributed by atoms with Gasteiger partial charge in [-0.15, -0.1) is 0 Å². The Bertz CT molecular complexity index is 1400. The minimum atomic E-state index is -0.794. The van der Waals surface area contributed by atoms with Gasteiger partial charge in [0, 0.05) is 18.7 Å². The molecule has 0 spiro atoms. The molecule has 1 aliphatic heterocycles. The van der Waals surface area contributed by atoms with E-state index in [1.165, 1.54) is 12.0 Å². The summed E-state index contributed by atoms with van der Waals surface area (Å²) in [6, 6.07) is 19.6. The summed E-state index contributed by atoms with van der Waals surface area (Å²) in [7, 11) is 5.34. The van der Waals surface area contributed by atoms with Gasteiger partial charge in [-0.25, -0.2) is 0 Å². The Balaban J connectivity index is 1.74. The Kier molecular flexibility index (Phi) is 9.11. The van der Waals surface area contributed by atoms with Crippen molar-refractivity contribution in [3.05, 3.63) is 94.6 Å². The van der Waals surface area contributed by atoms with Gasteiger partial charge in [-0.3, -0.25) is 9.59 Å². The Morgan fingerprint density at radius 3 is 2.38 bits per heavy atom. The van der Waals surface area contributed by atoms with Crippen LogP contribution < -0.4 is 14.2 Å². The average molecular weight is 545 g/mol. The fourth-order valence-corrected chi connectivity index (χ4v) is 4.77. The van der Waals surface area contributed by atoms with E-state index in [1.54, 1.807) is 30.3 Å². The number of ether oxygens (including phenoxy) is 3. The molecule has 1 aliphatic rings. The first-order chi connectivity index (χ1) is 19.2. The van der Waals surface area contributed by atoms with Crippen molar-refractivity contribution >= 4 is 17.4 Å². The summed E-state index contributed by atoms with van der Waals surface area (Å²) in [6.07, 6.45) is 0. The number of nitrogens with zero attached hydrogens (tertiary/aromatic N) is 2. The van der Waals surface area contributed by atoms with E-state index in [0.29, 0.717) is 60.2 Å². The summed E-state index contributed by atoms with van der Waals surface area (Å²) >= 11 is 0. The quantitative estimate of drug-likeness (QED) is 0.207. The maximum atomic E-state index is 13.4. The monoisotopic (exact) mass is 544 g/mol. The number of rotatable bonds is 11. The molecule has 3 aromatic carbocycles. The highest BCUT2D eigenvalue weighted by Crippen LogP contribution is 2.42. The maximum Gasteiger partial charge on any atom is 0.295 e. The van der Waals surface area contributed by atoms with Gasteiger partial charge in [0.2, 0.25) is 0 Å². The topological polar surface area (TPSA) is 88.5 Å². The highest BCUT2D eigenvalue weighted by atomic mass is 16.5. The Morgan fingerprint density at radius 2 is 1.73 bits per heavy atom. The molecular formula is C32H36N2O6. The molecule has 0 bridgehead atoms. The van der Waals surface area contributed by atoms with Gasteiger partial charge in [0.25, 0.3) is 11.7 Å². The number of ketones is 1. The molecule has 1 N–H and O–H groups in total. The number of carbonyl (C=O) groups excluding carboxylic acids is 2. The predicted octanol–water partition coefficient (Wildman–Crippen LogP) is 4.96. The van der Waals surface area contributed by atoms with E-state index in [2.05, 4.69) is 0 Å². The zero-order valence-electron chi connectivity index (χ0n) is 23.6. The first-order valence-corrected chi connectivity index (χ1v) is 13.3. The number of aliphatic hydroxyl groups is 1. The number of hydrogen-bond donors (Lipinski definition) is 1. The molecule has 8 heteroatoms. The summed E-state index contributed by atoms with van der Waals surface area (Å²) in [5.41, 5.74) is 2.89. The summed E-state index contributed by atoms with van der Waals surface area (Å²) in [5, 5.41) is 11.6.